The molecule has 0 aliphatic carbocycles. The maximum Gasteiger partial charge on any atom is 0.250 e. The highest BCUT2D eigenvalue weighted by Crippen LogP contribution is 2.20. The van der Waals surface area contributed by atoms with Crippen molar-refractivity contribution in [1.29, 1.82) is 0 Å². The molecule has 0 aliphatic rings. The van der Waals surface area contributed by atoms with Crippen LogP contribution in [-0.4, -0.2) is 24.9 Å². The summed E-state index contributed by atoms with van der Waals surface area (Å²) in [6.45, 7) is 2.50. The molecule has 0 radical (unpaired) electrons. The molecule has 2 amide bonds. The fourth-order valence-corrected chi connectivity index (χ4v) is 2.42. The number of rotatable bonds is 6. The second kappa shape index (κ2) is 7.65. The average Bonchev–Trinajstić information content (AvgIpc) is 2.55. The van der Waals surface area contributed by atoms with Gasteiger partial charge < -0.3 is 16.0 Å². The molecule has 0 aliphatic heterocycles. The van der Waals surface area contributed by atoms with Crippen LogP contribution in [0.2, 0.25) is 5.02 Å². The number of hydrogen-bond donors (Lipinski definition) is 2. The van der Waals surface area contributed by atoms with Gasteiger partial charge in [-0.15, -0.1) is 0 Å². The van der Waals surface area contributed by atoms with E-state index in [9.17, 15) is 9.59 Å². The van der Waals surface area contributed by atoms with E-state index in [0.29, 0.717) is 17.3 Å². The normalized spacial score (nSPS) is 10.2. The number of nitrogens with one attached hydrogen (secondary N) is 1. The van der Waals surface area contributed by atoms with E-state index in [1.54, 1.807) is 17.0 Å². The molecule has 3 N–H and O–H groups in total. The third-order valence-electron chi connectivity index (χ3n) is 3.36. The fourth-order valence-electron chi connectivity index (χ4n) is 2.25. The van der Waals surface area contributed by atoms with Crippen LogP contribution in [0.3, 0.4) is 0 Å². The molecule has 0 aromatic heterocycles. The van der Waals surface area contributed by atoms with Crippen molar-refractivity contribution in [1.82, 2.24) is 0 Å². The summed E-state index contributed by atoms with van der Waals surface area (Å²) in [6.07, 6.45) is 0. The molecule has 6 heteroatoms. The third-order valence-corrected chi connectivity index (χ3v) is 3.60. The van der Waals surface area contributed by atoms with Gasteiger partial charge in [-0.25, -0.2) is 0 Å². The fraction of sp³-hybridized carbons (Fsp3) is 0.176. The molecule has 0 unspecified atom stereocenters. The first kappa shape index (κ1) is 16.8. The number of carbonyl (C=O) groups excluding carboxylic acids is 2. The summed E-state index contributed by atoms with van der Waals surface area (Å²) in [4.78, 5) is 25.5. The zero-order valence-electron chi connectivity index (χ0n) is 12.8. The van der Waals surface area contributed by atoms with E-state index in [1.807, 2.05) is 37.3 Å². The Morgan fingerprint density at radius 3 is 2.48 bits per heavy atom. The van der Waals surface area contributed by atoms with Gasteiger partial charge in [0.15, 0.2) is 0 Å². The van der Waals surface area contributed by atoms with Gasteiger partial charge in [-0.1, -0.05) is 29.8 Å². The van der Waals surface area contributed by atoms with Gasteiger partial charge in [0.05, 0.1) is 12.1 Å². The van der Waals surface area contributed by atoms with E-state index in [4.69, 9.17) is 17.3 Å². The summed E-state index contributed by atoms with van der Waals surface area (Å²) in [5, 5.41) is 3.37. The van der Waals surface area contributed by atoms with Gasteiger partial charge in [0, 0.05) is 22.9 Å². The van der Waals surface area contributed by atoms with Crippen LogP contribution >= 0.6 is 11.6 Å². The van der Waals surface area contributed by atoms with Crippen LogP contribution in [0.15, 0.2) is 48.5 Å². The average molecular weight is 332 g/mol. The molecule has 2 rings (SSSR count). The van der Waals surface area contributed by atoms with E-state index in [1.165, 1.54) is 6.07 Å². The Balaban J connectivity index is 2.11. The van der Waals surface area contributed by atoms with Crippen molar-refractivity contribution < 1.29 is 9.59 Å². The Bertz CT molecular complexity index is 704. The number of nitrogens with zero attached hydrogens (tertiary/aromatic N) is 1. The van der Waals surface area contributed by atoms with E-state index < -0.39 is 5.91 Å². The smallest absolute Gasteiger partial charge is 0.250 e. The lowest BCUT2D eigenvalue weighted by Gasteiger charge is -2.21. The van der Waals surface area contributed by atoms with Crippen molar-refractivity contribution in [2.75, 3.05) is 23.3 Å². The molecular formula is C17H18ClN3O2. The highest BCUT2D eigenvalue weighted by atomic mass is 35.5. The van der Waals surface area contributed by atoms with Gasteiger partial charge in [0.1, 0.15) is 0 Å². The van der Waals surface area contributed by atoms with E-state index in [2.05, 4.69) is 5.32 Å². The first-order valence-corrected chi connectivity index (χ1v) is 7.59. The maximum atomic E-state index is 12.4. The van der Waals surface area contributed by atoms with Gasteiger partial charge in [0.2, 0.25) is 5.91 Å². The van der Waals surface area contributed by atoms with Crippen LogP contribution in [-0.2, 0) is 4.79 Å². The van der Waals surface area contributed by atoms with E-state index in [-0.39, 0.29) is 18.0 Å². The molecule has 5 nitrogen and oxygen atoms in total. The van der Waals surface area contributed by atoms with Crippen molar-refractivity contribution >= 4 is 34.8 Å². The Morgan fingerprint density at radius 2 is 1.87 bits per heavy atom. The first-order valence-electron chi connectivity index (χ1n) is 7.21. The minimum Gasteiger partial charge on any atom is -0.375 e. The summed E-state index contributed by atoms with van der Waals surface area (Å²) >= 11 is 5.87. The summed E-state index contributed by atoms with van der Waals surface area (Å²) < 4.78 is 0. The Morgan fingerprint density at radius 1 is 1.17 bits per heavy atom. The monoisotopic (exact) mass is 331 g/mol. The van der Waals surface area contributed by atoms with Crippen LogP contribution in [0.1, 0.15) is 17.3 Å². The second-order valence-electron chi connectivity index (χ2n) is 4.88. The molecule has 0 saturated carbocycles. The van der Waals surface area contributed by atoms with Gasteiger partial charge in [-0.05, 0) is 37.3 Å². The largest absolute Gasteiger partial charge is 0.375 e. The van der Waals surface area contributed by atoms with Crippen LogP contribution in [0.25, 0.3) is 0 Å². The first-order chi connectivity index (χ1) is 11.0. The predicted octanol–water partition coefficient (Wildman–Crippen LogP) is 2.90. The molecule has 0 atom stereocenters. The highest BCUT2D eigenvalue weighted by molar-refractivity contribution is 6.31. The predicted molar refractivity (Wildman–Crippen MR) is 92.9 cm³/mol. The van der Waals surface area contributed by atoms with Gasteiger partial charge in [-0.2, -0.15) is 0 Å². The van der Waals surface area contributed by atoms with Crippen molar-refractivity contribution in [2.24, 2.45) is 5.73 Å². The third kappa shape index (κ3) is 4.23. The lowest BCUT2D eigenvalue weighted by atomic mass is 10.1. The van der Waals surface area contributed by atoms with Gasteiger partial charge in [-0.3, -0.25) is 9.59 Å². The number of halogens is 1. The van der Waals surface area contributed by atoms with Crippen LogP contribution in [0, 0.1) is 0 Å². The van der Waals surface area contributed by atoms with Crippen LogP contribution in [0.5, 0.6) is 0 Å². The zero-order valence-corrected chi connectivity index (χ0v) is 13.5. The summed E-state index contributed by atoms with van der Waals surface area (Å²) in [7, 11) is 0. The summed E-state index contributed by atoms with van der Waals surface area (Å²) in [6, 6.07) is 14.1. The number of nitrogens with two attached hydrogens (primary N) is 1. The number of likely N-dealkylation sites (N-methyl/N-ethyl adjacent to an activating group) is 1. The van der Waals surface area contributed by atoms with Crippen molar-refractivity contribution in [3.8, 4) is 0 Å². The molecule has 0 fully saturated rings. The van der Waals surface area contributed by atoms with E-state index in [0.717, 1.165) is 5.69 Å². The van der Waals surface area contributed by atoms with Crippen LogP contribution < -0.4 is 16.0 Å². The summed E-state index contributed by atoms with van der Waals surface area (Å²) in [5.74, 6) is -0.707. The van der Waals surface area contributed by atoms with Crippen molar-refractivity contribution in [3.05, 3.63) is 59.1 Å². The minimum absolute atomic E-state index is 0.0463. The van der Waals surface area contributed by atoms with Crippen LogP contribution in [0.4, 0.5) is 11.4 Å². The quantitative estimate of drug-likeness (QED) is 0.854. The SMILES string of the molecule is CCN(C(=O)CNc1ccc(Cl)cc1C(N)=O)c1ccccc1. The minimum atomic E-state index is -0.599. The van der Waals surface area contributed by atoms with E-state index >= 15 is 0 Å². The number of anilines is 2. The molecule has 2 aromatic rings. The van der Waals surface area contributed by atoms with Crippen molar-refractivity contribution in [2.45, 2.75) is 6.92 Å². The number of amides is 2. The maximum absolute atomic E-state index is 12.4. The Hall–Kier alpha value is -2.53. The lowest BCUT2D eigenvalue weighted by Crippen LogP contribution is -2.35. The molecule has 2 aromatic carbocycles. The molecule has 0 saturated heterocycles. The number of benzene rings is 2. The number of primary amides is 1. The van der Waals surface area contributed by atoms with Crippen molar-refractivity contribution in [3.63, 3.8) is 0 Å². The second-order valence-corrected chi connectivity index (χ2v) is 5.32. The number of para-hydroxylation sites is 1. The molecule has 23 heavy (non-hydrogen) atoms. The molecule has 120 valence electrons. The number of hydrogen-bond acceptors (Lipinski definition) is 3. The number of carbonyl (C=O) groups is 2. The lowest BCUT2D eigenvalue weighted by molar-refractivity contribution is -0.116. The van der Waals surface area contributed by atoms with Gasteiger partial charge in [0.25, 0.3) is 5.91 Å². The Kier molecular flexibility index (Phi) is 5.60. The van der Waals surface area contributed by atoms with Gasteiger partial charge >= 0.3 is 0 Å². The zero-order chi connectivity index (χ0) is 16.8. The molecule has 0 heterocycles. The standard InChI is InChI=1S/C17H18ClN3O2/c1-2-21(13-6-4-3-5-7-13)16(22)11-20-15-9-8-12(18)10-14(15)17(19)23/h3-10,20H,2,11H2,1H3,(H2,19,23). The molecule has 0 spiro atoms. The Labute approximate surface area is 140 Å². The molecular weight excluding hydrogens is 314 g/mol. The highest BCUT2D eigenvalue weighted by Gasteiger charge is 2.15. The molecule has 0 bridgehead atoms. The topological polar surface area (TPSA) is 75.4 Å². The summed E-state index contributed by atoms with van der Waals surface area (Å²) in [5.41, 5.74) is 6.90.